The van der Waals surface area contributed by atoms with E-state index in [4.69, 9.17) is 4.74 Å². The summed E-state index contributed by atoms with van der Waals surface area (Å²) in [6.45, 7) is 5.50. The van der Waals surface area contributed by atoms with Crippen molar-refractivity contribution >= 4 is 17.6 Å². The number of halogens is 7. The second-order valence-corrected chi connectivity index (χ2v) is 12.8. The van der Waals surface area contributed by atoms with Gasteiger partial charge < -0.3 is 9.84 Å². The molecule has 1 N–H and O–H groups in total. The van der Waals surface area contributed by atoms with Gasteiger partial charge in [0, 0.05) is 18.5 Å². The zero-order valence-electron chi connectivity index (χ0n) is 25.3. The van der Waals surface area contributed by atoms with Gasteiger partial charge in [0.1, 0.15) is 11.9 Å². The Morgan fingerprint density at radius 2 is 1.59 bits per heavy atom. The van der Waals surface area contributed by atoms with Crippen molar-refractivity contribution in [2.45, 2.75) is 77.4 Å². The Kier molecular flexibility index (Phi) is 8.63. The van der Waals surface area contributed by atoms with Crippen molar-refractivity contribution in [3.63, 3.8) is 0 Å². The summed E-state index contributed by atoms with van der Waals surface area (Å²) in [6.07, 6.45) is -8.50. The number of cyclic esters (lactones) is 1. The lowest BCUT2D eigenvalue weighted by atomic mass is 9.71. The number of ether oxygens (including phenoxy) is 1. The fourth-order valence-corrected chi connectivity index (χ4v) is 6.41. The van der Waals surface area contributed by atoms with Crippen molar-refractivity contribution in [1.29, 1.82) is 0 Å². The largest absolute Gasteiger partial charge is 0.478 e. The van der Waals surface area contributed by atoms with Crippen LogP contribution >= 0.6 is 0 Å². The van der Waals surface area contributed by atoms with Crippen molar-refractivity contribution in [3.05, 3.63) is 98.9 Å². The lowest BCUT2D eigenvalue weighted by Crippen LogP contribution is -2.36. The van der Waals surface area contributed by atoms with Gasteiger partial charge in [0.05, 0.1) is 22.7 Å². The van der Waals surface area contributed by atoms with Crippen LogP contribution in [0.4, 0.5) is 35.5 Å². The van der Waals surface area contributed by atoms with Crippen LogP contribution in [0.3, 0.4) is 0 Å². The molecule has 5 nitrogen and oxygen atoms in total. The van der Waals surface area contributed by atoms with E-state index in [0.717, 1.165) is 16.7 Å². The van der Waals surface area contributed by atoms with Gasteiger partial charge in [-0.1, -0.05) is 26.0 Å². The van der Waals surface area contributed by atoms with Crippen molar-refractivity contribution < 1.29 is 50.2 Å². The van der Waals surface area contributed by atoms with Crippen LogP contribution in [0.1, 0.15) is 91.6 Å². The van der Waals surface area contributed by atoms with Gasteiger partial charge in [0.25, 0.3) is 0 Å². The van der Waals surface area contributed by atoms with E-state index in [1.807, 2.05) is 13.8 Å². The molecule has 1 heterocycles. The molecule has 246 valence electrons. The molecular formula is C34H32F7NO4. The number of carbonyl (C=O) groups excluding carboxylic acids is 1. The summed E-state index contributed by atoms with van der Waals surface area (Å²) in [4.78, 5) is 25.7. The van der Waals surface area contributed by atoms with Crippen LogP contribution in [0.2, 0.25) is 0 Å². The Hall–Kier alpha value is -4.09. The zero-order chi connectivity index (χ0) is 33.8. The predicted molar refractivity (Wildman–Crippen MR) is 155 cm³/mol. The summed E-state index contributed by atoms with van der Waals surface area (Å²) < 4.78 is 102. The topological polar surface area (TPSA) is 66.8 Å². The first-order chi connectivity index (χ1) is 21.3. The van der Waals surface area contributed by atoms with Gasteiger partial charge >= 0.3 is 24.4 Å². The number of allylic oxidation sites excluding steroid dienone is 5. The van der Waals surface area contributed by atoms with E-state index in [-0.39, 0.29) is 35.8 Å². The van der Waals surface area contributed by atoms with Crippen molar-refractivity contribution in [3.8, 4) is 0 Å². The molecule has 0 unspecified atom stereocenters. The van der Waals surface area contributed by atoms with E-state index in [2.05, 4.69) is 0 Å². The van der Waals surface area contributed by atoms with Gasteiger partial charge in [0.15, 0.2) is 0 Å². The van der Waals surface area contributed by atoms with Gasteiger partial charge in [-0.25, -0.2) is 14.0 Å². The highest BCUT2D eigenvalue weighted by Crippen LogP contribution is 2.46. The molecule has 2 aliphatic carbocycles. The minimum absolute atomic E-state index is 0.0264. The molecular weight excluding hydrogens is 619 g/mol. The SMILES string of the molecule is C[C@H]1[C@@H](c2cc(C(F)(F)F)cc(C(F)(F)F)c2)OC(=O)N1CC1=C(C2=C(F)CCC(c3ccc(C(=O)O)cc3)=C2)CCC(C)(C)C1. The van der Waals surface area contributed by atoms with E-state index in [1.54, 1.807) is 18.2 Å². The lowest BCUT2D eigenvalue weighted by Gasteiger charge is -2.36. The lowest BCUT2D eigenvalue weighted by molar-refractivity contribution is -0.143. The minimum atomic E-state index is -5.06. The van der Waals surface area contributed by atoms with E-state index in [0.29, 0.717) is 49.0 Å². The van der Waals surface area contributed by atoms with Gasteiger partial charge in [-0.2, -0.15) is 26.3 Å². The number of carbonyl (C=O) groups is 2. The highest BCUT2D eigenvalue weighted by molar-refractivity contribution is 5.88. The van der Waals surface area contributed by atoms with Crippen molar-refractivity contribution in [2.75, 3.05) is 6.54 Å². The quantitative estimate of drug-likeness (QED) is 0.316. The number of nitrogens with zero attached hydrogens (tertiary/aromatic N) is 1. The Labute approximate surface area is 261 Å². The second-order valence-electron chi connectivity index (χ2n) is 12.8. The summed E-state index contributed by atoms with van der Waals surface area (Å²) in [7, 11) is 0. The number of hydrogen-bond acceptors (Lipinski definition) is 3. The van der Waals surface area contributed by atoms with Crippen LogP contribution in [-0.2, 0) is 17.1 Å². The molecule has 0 aromatic heterocycles. The van der Waals surface area contributed by atoms with Crippen LogP contribution in [0.5, 0.6) is 0 Å². The third-order valence-electron chi connectivity index (χ3n) is 8.91. The minimum Gasteiger partial charge on any atom is -0.478 e. The van der Waals surface area contributed by atoms with Gasteiger partial charge in [-0.15, -0.1) is 0 Å². The summed E-state index contributed by atoms with van der Waals surface area (Å²) in [5, 5.41) is 9.22. The fraction of sp³-hybridized carbons (Fsp3) is 0.412. The summed E-state index contributed by atoms with van der Waals surface area (Å²) in [6, 6.07) is 6.50. The molecule has 1 aliphatic heterocycles. The zero-order valence-corrected chi connectivity index (χ0v) is 25.3. The first kappa shape index (κ1) is 33.3. The van der Waals surface area contributed by atoms with E-state index in [9.17, 15) is 41.0 Å². The Balaban J connectivity index is 1.49. The third kappa shape index (κ3) is 6.85. The molecule has 0 spiro atoms. The number of amides is 1. The highest BCUT2D eigenvalue weighted by Gasteiger charge is 2.44. The molecule has 0 radical (unpaired) electrons. The van der Waals surface area contributed by atoms with Crippen LogP contribution < -0.4 is 0 Å². The number of alkyl halides is 6. The van der Waals surface area contributed by atoms with Crippen LogP contribution in [-0.4, -0.2) is 34.7 Å². The summed E-state index contributed by atoms with van der Waals surface area (Å²) in [5.41, 5.74) is -0.190. The Bertz CT molecular complexity index is 1620. The molecule has 0 saturated carbocycles. The van der Waals surface area contributed by atoms with E-state index in [1.165, 1.54) is 24.0 Å². The van der Waals surface area contributed by atoms with E-state index < -0.39 is 53.3 Å². The number of benzene rings is 2. The molecule has 0 bridgehead atoms. The number of hydrogen-bond donors (Lipinski definition) is 1. The number of carboxylic acid groups (broad SMARTS) is 1. The molecule has 3 aliphatic rings. The molecule has 1 amide bonds. The third-order valence-corrected chi connectivity index (χ3v) is 8.91. The molecule has 46 heavy (non-hydrogen) atoms. The maximum Gasteiger partial charge on any atom is 0.416 e. The normalized spacial score (nSPS) is 22.3. The van der Waals surface area contributed by atoms with E-state index >= 15 is 4.39 Å². The van der Waals surface area contributed by atoms with Crippen LogP contribution in [0.25, 0.3) is 5.57 Å². The molecule has 1 saturated heterocycles. The van der Waals surface area contributed by atoms with Crippen molar-refractivity contribution in [2.24, 2.45) is 5.41 Å². The van der Waals surface area contributed by atoms with Crippen molar-refractivity contribution in [1.82, 2.24) is 4.90 Å². The van der Waals surface area contributed by atoms with Gasteiger partial charge in [0.2, 0.25) is 0 Å². The fourth-order valence-electron chi connectivity index (χ4n) is 6.41. The average molecular weight is 652 g/mol. The maximum absolute atomic E-state index is 15.5. The average Bonchev–Trinajstić information content (AvgIpc) is 3.25. The molecule has 2 aromatic carbocycles. The summed E-state index contributed by atoms with van der Waals surface area (Å²) in [5.74, 6) is -1.40. The molecule has 2 aromatic rings. The first-order valence-corrected chi connectivity index (χ1v) is 14.7. The smallest absolute Gasteiger partial charge is 0.416 e. The first-order valence-electron chi connectivity index (χ1n) is 14.7. The molecule has 5 rings (SSSR count). The number of aromatic carboxylic acids is 1. The standard InChI is InChI=1S/C34H32F7NO4/c1-18-29(22-12-24(33(36,37)38)15-25(13-22)34(39,40)41)46-31(45)42(18)17-23-16-32(2,3)11-10-26(23)27-14-21(8-9-28(27)35)19-4-6-20(7-5-19)30(43)44/h4-7,12-15,18,29H,8-11,16-17H2,1-3H3,(H,43,44)/t18-,29-/m0/s1. The Morgan fingerprint density at radius 3 is 2.15 bits per heavy atom. The van der Waals surface area contributed by atoms with Gasteiger partial charge in [-0.05, 0) is 102 Å². The second kappa shape index (κ2) is 11.9. The molecule has 12 heteroatoms. The summed E-state index contributed by atoms with van der Waals surface area (Å²) >= 11 is 0. The van der Waals surface area contributed by atoms with Crippen LogP contribution in [0, 0.1) is 5.41 Å². The Morgan fingerprint density at radius 1 is 0.978 bits per heavy atom. The maximum atomic E-state index is 15.5. The van der Waals surface area contributed by atoms with Gasteiger partial charge in [-0.3, -0.25) is 4.90 Å². The number of carboxylic acids is 1. The molecule has 1 fully saturated rings. The molecule has 2 atom stereocenters. The van der Waals surface area contributed by atoms with Crippen LogP contribution in [0.15, 0.2) is 71.1 Å². The highest BCUT2D eigenvalue weighted by atomic mass is 19.4. The number of rotatable bonds is 6. The predicted octanol–water partition coefficient (Wildman–Crippen LogP) is 9.91. The monoisotopic (exact) mass is 651 g/mol.